The third-order valence-corrected chi connectivity index (χ3v) is 7.13. The molecule has 9 nitrogen and oxygen atoms in total. The molecule has 3 aromatic carbocycles. The highest BCUT2D eigenvalue weighted by Crippen LogP contribution is 2.35. The number of carbonyl (C=O) groups excluding carboxylic acids is 4. The second-order valence-electron chi connectivity index (χ2n) is 8.24. The molecule has 0 saturated carbocycles. The number of para-hydroxylation sites is 1. The molecule has 0 aliphatic carbocycles. The van der Waals surface area contributed by atoms with Gasteiger partial charge in [0, 0.05) is 5.69 Å². The third kappa shape index (κ3) is 6.35. The van der Waals surface area contributed by atoms with Gasteiger partial charge in [-0.3, -0.25) is 19.7 Å². The van der Waals surface area contributed by atoms with Crippen molar-refractivity contribution in [2.24, 2.45) is 0 Å². The van der Waals surface area contributed by atoms with E-state index in [0.29, 0.717) is 20.6 Å². The minimum absolute atomic E-state index is 0.139. The molecule has 12 heteroatoms. The first-order valence-corrected chi connectivity index (χ1v) is 13.1. The molecular weight excluding hydrogens is 660 g/mol. The minimum atomic E-state index is -0.916. The van der Waals surface area contributed by atoms with E-state index in [-0.39, 0.29) is 39.6 Å². The molecule has 1 aliphatic rings. The standard InChI is InChI=1S/C27H20Cl2IN3O6/c1-14-5-3-4-6-21(14)31-23(34)13-39-24-20(30)10-15(11-22(24)38-2)9-17-25(35)32-27(37)33(26(17)36)16-7-8-18(28)19(29)12-16/h3-12H,13H2,1-2H3,(H,31,34)(H,32,35,37)/b17-9-. The van der Waals surface area contributed by atoms with Crippen molar-refractivity contribution in [1.82, 2.24) is 5.32 Å². The quantitative estimate of drug-likeness (QED) is 0.191. The highest BCUT2D eigenvalue weighted by atomic mass is 127. The van der Waals surface area contributed by atoms with Crippen molar-refractivity contribution in [1.29, 1.82) is 0 Å². The maximum absolute atomic E-state index is 13.2. The molecule has 2 N–H and O–H groups in total. The first kappa shape index (κ1) is 28.4. The Kier molecular flexibility index (Phi) is 8.78. The van der Waals surface area contributed by atoms with Crippen LogP contribution in [-0.2, 0) is 14.4 Å². The van der Waals surface area contributed by atoms with Gasteiger partial charge >= 0.3 is 6.03 Å². The predicted octanol–water partition coefficient (Wildman–Crippen LogP) is 5.60. The van der Waals surface area contributed by atoms with Crippen molar-refractivity contribution in [3.05, 3.63) is 84.9 Å². The van der Waals surface area contributed by atoms with Crippen LogP contribution in [0.3, 0.4) is 0 Å². The lowest BCUT2D eigenvalue weighted by atomic mass is 10.1. The summed E-state index contributed by atoms with van der Waals surface area (Å²) in [7, 11) is 1.42. The summed E-state index contributed by atoms with van der Waals surface area (Å²) in [5.74, 6) is -1.47. The molecule has 3 aromatic rings. The number of hydrogen-bond donors (Lipinski definition) is 2. The number of anilines is 2. The molecule has 0 spiro atoms. The summed E-state index contributed by atoms with van der Waals surface area (Å²) in [6.45, 7) is 1.61. The Morgan fingerprint density at radius 3 is 2.51 bits per heavy atom. The molecule has 0 bridgehead atoms. The van der Waals surface area contributed by atoms with Gasteiger partial charge in [-0.1, -0.05) is 41.4 Å². The summed E-state index contributed by atoms with van der Waals surface area (Å²) in [4.78, 5) is 51.5. The van der Waals surface area contributed by atoms with Crippen molar-refractivity contribution in [3.63, 3.8) is 0 Å². The Labute approximate surface area is 247 Å². The number of imide groups is 2. The van der Waals surface area contributed by atoms with Gasteiger partial charge < -0.3 is 14.8 Å². The zero-order chi connectivity index (χ0) is 28.3. The van der Waals surface area contributed by atoms with Crippen LogP contribution in [0.15, 0.2) is 60.2 Å². The maximum atomic E-state index is 13.2. The predicted molar refractivity (Wildman–Crippen MR) is 156 cm³/mol. The zero-order valence-corrected chi connectivity index (χ0v) is 24.2. The first-order chi connectivity index (χ1) is 18.6. The van der Waals surface area contributed by atoms with E-state index in [9.17, 15) is 19.2 Å². The highest BCUT2D eigenvalue weighted by molar-refractivity contribution is 14.1. The van der Waals surface area contributed by atoms with E-state index in [2.05, 4.69) is 10.6 Å². The van der Waals surface area contributed by atoms with Crippen molar-refractivity contribution in [2.45, 2.75) is 6.92 Å². The molecule has 200 valence electrons. The summed E-state index contributed by atoms with van der Waals surface area (Å²) in [5.41, 5.74) is 1.87. The fourth-order valence-corrected chi connectivity index (χ4v) is 4.76. The van der Waals surface area contributed by atoms with Gasteiger partial charge in [-0.25, -0.2) is 9.69 Å². The molecule has 0 aromatic heterocycles. The van der Waals surface area contributed by atoms with Crippen LogP contribution in [0, 0.1) is 10.5 Å². The second-order valence-corrected chi connectivity index (χ2v) is 10.2. The fourth-order valence-electron chi connectivity index (χ4n) is 3.68. The number of urea groups is 1. The van der Waals surface area contributed by atoms with Crippen LogP contribution >= 0.6 is 45.8 Å². The Hall–Kier alpha value is -3.61. The molecule has 39 heavy (non-hydrogen) atoms. The molecule has 5 amide bonds. The van der Waals surface area contributed by atoms with Crippen LogP contribution in [0.2, 0.25) is 10.0 Å². The molecule has 0 radical (unpaired) electrons. The maximum Gasteiger partial charge on any atom is 0.335 e. The number of amides is 5. The molecule has 0 unspecified atom stereocenters. The number of nitrogens with one attached hydrogen (secondary N) is 2. The number of aryl methyl sites for hydroxylation is 1. The summed E-state index contributed by atoms with van der Waals surface area (Å²) in [6, 6.07) is 13.9. The van der Waals surface area contributed by atoms with Crippen molar-refractivity contribution in [2.75, 3.05) is 23.9 Å². The van der Waals surface area contributed by atoms with E-state index in [1.807, 2.05) is 47.7 Å². The van der Waals surface area contributed by atoms with Gasteiger partial charge in [-0.2, -0.15) is 0 Å². The average molecular weight is 680 g/mol. The number of nitrogens with zero attached hydrogens (tertiary/aromatic N) is 1. The minimum Gasteiger partial charge on any atom is -0.493 e. The third-order valence-electron chi connectivity index (χ3n) is 5.59. The molecule has 1 heterocycles. The van der Waals surface area contributed by atoms with Crippen LogP contribution < -0.4 is 25.0 Å². The van der Waals surface area contributed by atoms with Crippen LogP contribution in [0.4, 0.5) is 16.2 Å². The van der Waals surface area contributed by atoms with Crippen LogP contribution in [0.1, 0.15) is 11.1 Å². The van der Waals surface area contributed by atoms with E-state index in [1.54, 1.807) is 18.2 Å². The van der Waals surface area contributed by atoms with Crippen molar-refractivity contribution >= 4 is 87.0 Å². The fraction of sp³-hybridized carbons (Fsp3) is 0.111. The van der Waals surface area contributed by atoms with Gasteiger partial charge in [0.25, 0.3) is 17.7 Å². The number of ether oxygens (including phenoxy) is 2. The van der Waals surface area contributed by atoms with E-state index in [1.165, 1.54) is 31.4 Å². The van der Waals surface area contributed by atoms with Crippen molar-refractivity contribution < 1.29 is 28.7 Å². The van der Waals surface area contributed by atoms with Gasteiger partial charge in [-0.05, 0) is 83.1 Å². The summed E-state index contributed by atoms with van der Waals surface area (Å²) >= 11 is 14.0. The number of methoxy groups -OCH3 is 1. The highest BCUT2D eigenvalue weighted by Gasteiger charge is 2.37. The summed E-state index contributed by atoms with van der Waals surface area (Å²) in [6.07, 6.45) is 1.33. The lowest BCUT2D eigenvalue weighted by Gasteiger charge is -2.26. The number of halogens is 3. The number of benzene rings is 3. The van der Waals surface area contributed by atoms with Gasteiger partial charge in [0.05, 0.1) is 26.4 Å². The lowest BCUT2D eigenvalue weighted by molar-refractivity contribution is -0.122. The molecule has 1 saturated heterocycles. The van der Waals surface area contributed by atoms with Crippen LogP contribution in [0.5, 0.6) is 11.5 Å². The van der Waals surface area contributed by atoms with Crippen LogP contribution in [-0.4, -0.2) is 37.5 Å². The van der Waals surface area contributed by atoms with E-state index in [4.69, 9.17) is 32.7 Å². The molecule has 1 aliphatic heterocycles. The lowest BCUT2D eigenvalue weighted by Crippen LogP contribution is -2.54. The normalized spacial score (nSPS) is 14.3. The second kappa shape index (κ2) is 12.1. The first-order valence-electron chi connectivity index (χ1n) is 11.3. The Bertz CT molecular complexity index is 1540. The Morgan fingerprint density at radius 1 is 1.08 bits per heavy atom. The number of carbonyl (C=O) groups is 4. The van der Waals surface area contributed by atoms with Gasteiger partial charge in [0.2, 0.25) is 0 Å². The van der Waals surface area contributed by atoms with Gasteiger partial charge in [-0.15, -0.1) is 0 Å². The Morgan fingerprint density at radius 2 is 1.82 bits per heavy atom. The van der Waals surface area contributed by atoms with Crippen molar-refractivity contribution in [3.8, 4) is 11.5 Å². The van der Waals surface area contributed by atoms with E-state index >= 15 is 0 Å². The molecule has 1 fully saturated rings. The average Bonchev–Trinajstić information content (AvgIpc) is 2.89. The summed E-state index contributed by atoms with van der Waals surface area (Å²) in [5, 5.41) is 5.33. The van der Waals surface area contributed by atoms with Gasteiger partial charge in [0.1, 0.15) is 5.57 Å². The topological polar surface area (TPSA) is 114 Å². The number of hydrogen-bond acceptors (Lipinski definition) is 6. The number of rotatable bonds is 7. The smallest absolute Gasteiger partial charge is 0.335 e. The summed E-state index contributed by atoms with van der Waals surface area (Å²) < 4.78 is 11.7. The monoisotopic (exact) mass is 679 g/mol. The number of barbiturate groups is 1. The Balaban J connectivity index is 1.57. The van der Waals surface area contributed by atoms with Gasteiger partial charge in [0.15, 0.2) is 18.1 Å². The molecule has 4 rings (SSSR count). The van der Waals surface area contributed by atoms with E-state index < -0.39 is 17.8 Å². The molecular formula is C27H20Cl2IN3O6. The SMILES string of the molecule is COc1cc(/C=C2/C(=O)NC(=O)N(c3ccc(Cl)c(Cl)c3)C2=O)cc(I)c1OCC(=O)Nc1ccccc1C. The van der Waals surface area contributed by atoms with Crippen LogP contribution in [0.25, 0.3) is 6.08 Å². The van der Waals surface area contributed by atoms with E-state index in [0.717, 1.165) is 10.5 Å². The largest absolute Gasteiger partial charge is 0.493 e. The zero-order valence-electron chi connectivity index (χ0n) is 20.5. The molecule has 0 atom stereocenters.